The van der Waals surface area contributed by atoms with Gasteiger partial charge in [0.2, 0.25) is 11.8 Å². The van der Waals surface area contributed by atoms with Crippen LogP contribution in [0.4, 0.5) is 5.69 Å². The average Bonchev–Trinajstić information content (AvgIpc) is 2.66. The van der Waals surface area contributed by atoms with E-state index < -0.39 is 22.8 Å². The maximum absolute atomic E-state index is 12.8. The zero-order chi connectivity index (χ0) is 21.6. The molecule has 2 unspecified atom stereocenters. The third kappa shape index (κ3) is 3.03. The molecule has 6 heteroatoms. The van der Waals surface area contributed by atoms with Crippen LogP contribution in [0.5, 0.6) is 11.5 Å². The van der Waals surface area contributed by atoms with E-state index in [1.807, 2.05) is 45.0 Å². The molecule has 2 amide bonds. The molecule has 0 saturated heterocycles. The molecule has 1 heterocycles. The number of rotatable bonds is 4. The van der Waals surface area contributed by atoms with Gasteiger partial charge in [0.15, 0.2) is 0 Å². The molecule has 2 aromatic carbocycles. The number of nitrogens with zero attached hydrogens (tertiary/aromatic N) is 1. The molecule has 0 aliphatic carbocycles. The first-order chi connectivity index (χ1) is 13.6. The summed E-state index contributed by atoms with van der Waals surface area (Å²) in [5, 5.41) is 0. The second-order valence-electron chi connectivity index (χ2n) is 8.07. The fourth-order valence-electron chi connectivity index (χ4n) is 4.95. The van der Waals surface area contributed by atoms with Gasteiger partial charge in [-0.25, -0.2) is 0 Å². The van der Waals surface area contributed by atoms with E-state index in [1.165, 1.54) is 6.92 Å². The lowest BCUT2D eigenvalue weighted by Crippen LogP contribution is -2.65. The fourth-order valence-corrected chi connectivity index (χ4v) is 4.95. The molecule has 1 aliphatic rings. The average molecular weight is 395 g/mol. The third-order valence-corrected chi connectivity index (χ3v) is 6.07. The first kappa shape index (κ1) is 20.7. The Hall–Kier alpha value is -3.02. The van der Waals surface area contributed by atoms with Gasteiger partial charge in [-0.05, 0) is 43.2 Å². The molecule has 0 bridgehead atoms. The molecular weight excluding hydrogens is 368 g/mol. The Morgan fingerprint density at radius 1 is 1.10 bits per heavy atom. The summed E-state index contributed by atoms with van der Waals surface area (Å²) in [5.41, 5.74) is 6.68. The van der Waals surface area contributed by atoms with Gasteiger partial charge in [-0.1, -0.05) is 19.1 Å². The van der Waals surface area contributed by atoms with Gasteiger partial charge < -0.3 is 20.1 Å². The van der Waals surface area contributed by atoms with Crippen molar-refractivity contribution in [1.82, 2.24) is 0 Å². The van der Waals surface area contributed by atoms with E-state index in [9.17, 15) is 9.59 Å². The van der Waals surface area contributed by atoms with Crippen LogP contribution in [0.15, 0.2) is 36.4 Å². The van der Waals surface area contributed by atoms with Crippen LogP contribution >= 0.6 is 0 Å². The van der Waals surface area contributed by atoms with Crippen molar-refractivity contribution < 1.29 is 19.1 Å². The smallest absolute Gasteiger partial charge is 0.224 e. The number of hydrogen-bond donors (Lipinski definition) is 1. The van der Waals surface area contributed by atoms with Crippen molar-refractivity contribution in [2.75, 3.05) is 19.1 Å². The van der Waals surface area contributed by atoms with Gasteiger partial charge in [0, 0.05) is 24.5 Å². The van der Waals surface area contributed by atoms with Crippen molar-refractivity contribution in [3.63, 3.8) is 0 Å². The molecule has 2 atom stereocenters. The number of ether oxygens (including phenoxy) is 2. The molecule has 2 N–H and O–H groups in total. The maximum Gasteiger partial charge on any atom is 0.224 e. The lowest BCUT2D eigenvalue weighted by molar-refractivity contribution is -0.127. The number of benzene rings is 2. The van der Waals surface area contributed by atoms with Crippen LogP contribution in [0.2, 0.25) is 0 Å². The van der Waals surface area contributed by atoms with Crippen molar-refractivity contribution in [2.45, 2.75) is 38.6 Å². The molecule has 153 valence electrons. The molecule has 3 rings (SSSR count). The first-order valence-electron chi connectivity index (χ1n) is 9.43. The number of hydrogen-bond acceptors (Lipinski definition) is 4. The number of primary amides is 1. The summed E-state index contributed by atoms with van der Waals surface area (Å²) >= 11 is 0. The first-order valence-corrected chi connectivity index (χ1v) is 9.43. The molecule has 29 heavy (non-hydrogen) atoms. The summed E-state index contributed by atoms with van der Waals surface area (Å²) in [6.45, 7) is 7.22. The summed E-state index contributed by atoms with van der Waals surface area (Å²) in [7, 11) is 3.16. The summed E-state index contributed by atoms with van der Waals surface area (Å²) in [5.74, 6) is -0.0921. The molecule has 0 aromatic heterocycles. The molecule has 2 aromatic rings. The zero-order valence-corrected chi connectivity index (χ0v) is 17.7. The number of fused-ring (bicyclic) bond motifs is 1. The van der Waals surface area contributed by atoms with Crippen LogP contribution in [0.25, 0.3) is 0 Å². The Kier molecular flexibility index (Phi) is 5.07. The Balaban J connectivity index is 2.39. The SMILES string of the molecule is COc1[c]cc2c(c1)N(C(C)=O)C(C)(C)C(C(N)=O)C2(C)c1ccc(OC)cc1. The van der Waals surface area contributed by atoms with Crippen LogP contribution in [-0.2, 0) is 15.0 Å². The molecular formula is C23H27N2O4. The Bertz CT molecular complexity index is 952. The molecule has 0 spiro atoms. The maximum atomic E-state index is 12.8. The lowest BCUT2D eigenvalue weighted by atomic mass is 9.57. The standard InChI is InChI=1S/C23H27N2O4/c1-14(26)25-19-13-17(29-6)11-12-18(19)23(4,20(21(24)27)22(25,2)3)15-7-9-16(28-5)10-8-15/h7-10,12-13,20H,1-6H3,(H2,24,27). The lowest BCUT2D eigenvalue weighted by Gasteiger charge is -2.55. The van der Waals surface area contributed by atoms with E-state index in [2.05, 4.69) is 6.07 Å². The van der Waals surface area contributed by atoms with Crippen molar-refractivity contribution in [3.05, 3.63) is 53.6 Å². The van der Waals surface area contributed by atoms with Gasteiger partial charge in [-0.3, -0.25) is 9.59 Å². The van der Waals surface area contributed by atoms with E-state index >= 15 is 0 Å². The van der Waals surface area contributed by atoms with E-state index in [0.717, 1.165) is 16.9 Å². The number of anilines is 1. The Morgan fingerprint density at radius 3 is 2.21 bits per heavy atom. The summed E-state index contributed by atoms with van der Waals surface area (Å²) in [6.07, 6.45) is 0. The zero-order valence-electron chi connectivity index (χ0n) is 17.7. The number of amides is 2. The number of carbonyl (C=O) groups excluding carboxylic acids is 2. The largest absolute Gasteiger partial charge is 0.497 e. The van der Waals surface area contributed by atoms with Crippen LogP contribution in [-0.4, -0.2) is 31.6 Å². The van der Waals surface area contributed by atoms with E-state index in [-0.39, 0.29) is 5.91 Å². The number of nitrogens with two attached hydrogens (primary N) is 1. The number of methoxy groups -OCH3 is 2. The highest BCUT2D eigenvalue weighted by Gasteiger charge is 2.57. The third-order valence-electron chi connectivity index (χ3n) is 6.07. The normalized spacial score (nSPS) is 22.6. The van der Waals surface area contributed by atoms with Gasteiger partial charge >= 0.3 is 0 Å². The summed E-state index contributed by atoms with van der Waals surface area (Å²) in [6, 6.07) is 14.3. The predicted molar refractivity (Wildman–Crippen MR) is 111 cm³/mol. The molecule has 1 radical (unpaired) electrons. The minimum Gasteiger partial charge on any atom is -0.497 e. The molecule has 6 nitrogen and oxygen atoms in total. The second kappa shape index (κ2) is 7.10. The van der Waals surface area contributed by atoms with Gasteiger partial charge in [0.1, 0.15) is 11.5 Å². The van der Waals surface area contributed by atoms with Crippen LogP contribution < -0.4 is 20.1 Å². The van der Waals surface area contributed by atoms with Gasteiger partial charge in [-0.2, -0.15) is 0 Å². The van der Waals surface area contributed by atoms with Gasteiger partial charge in [0.05, 0.1) is 31.4 Å². The predicted octanol–water partition coefficient (Wildman–Crippen LogP) is 3.06. The monoisotopic (exact) mass is 395 g/mol. The van der Waals surface area contributed by atoms with Crippen molar-refractivity contribution in [1.29, 1.82) is 0 Å². The van der Waals surface area contributed by atoms with E-state index in [4.69, 9.17) is 15.2 Å². The van der Waals surface area contributed by atoms with Crippen molar-refractivity contribution in [3.8, 4) is 11.5 Å². The van der Waals surface area contributed by atoms with E-state index in [0.29, 0.717) is 11.4 Å². The van der Waals surface area contributed by atoms with E-state index in [1.54, 1.807) is 31.3 Å². The molecule has 0 fully saturated rings. The summed E-state index contributed by atoms with van der Waals surface area (Å²) in [4.78, 5) is 27.1. The Morgan fingerprint density at radius 2 is 1.72 bits per heavy atom. The van der Waals surface area contributed by atoms with Crippen LogP contribution in [0.3, 0.4) is 0 Å². The quantitative estimate of drug-likeness (QED) is 0.863. The van der Waals surface area contributed by atoms with Crippen LogP contribution in [0.1, 0.15) is 38.8 Å². The minimum absolute atomic E-state index is 0.174. The minimum atomic E-state index is -0.869. The molecule has 0 saturated carbocycles. The highest BCUT2D eigenvalue weighted by atomic mass is 16.5. The van der Waals surface area contributed by atoms with Gasteiger partial charge in [0.25, 0.3) is 0 Å². The topological polar surface area (TPSA) is 81.9 Å². The second-order valence-corrected chi connectivity index (χ2v) is 8.07. The highest BCUT2D eigenvalue weighted by molar-refractivity contribution is 5.98. The van der Waals surface area contributed by atoms with Crippen molar-refractivity contribution >= 4 is 17.5 Å². The summed E-state index contributed by atoms with van der Waals surface area (Å²) < 4.78 is 10.6. The molecule has 1 aliphatic heterocycles. The van der Waals surface area contributed by atoms with Crippen molar-refractivity contribution in [2.24, 2.45) is 11.7 Å². The highest BCUT2D eigenvalue weighted by Crippen LogP contribution is 2.54. The fraction of sp³-hybridized carbons (Fsp3) is 0.391. The Labute approximate surface area is 171 Å². The van der Waals surface area contributed by atoms with Crippen LogP contribution in [0, 0.1) is 12.0 Å². The van der Waals surface area contributed by atoms with Gasteiger partial charge in [-0.15, -0.1) is 0 Å². The number of carbonyl (C=O) groups is 2.